The summed E-state index contributed by atoms with van der Waals surface area (Å²) in [5, 5.41) is 4.21. The molecule has 2 heterocycles. The third-order valence-corrected chi connectivity index (χ3v) is 3.36. The lowest BCUT2D eigenvalue weighted by molar-refractivity contribution is 0.0783. The molecule has 0 aliphatic carbocycles. The fourth-order valence-corrected chi connectivity index (χ4v) is 2.28. The van der Waals surface area contributed by atoms with Gasteiger partial charge >= 0.3 is 0 Å². The Hall–Kier alpha value is -2.95. The normalized spacial score (nSPS) is 10.4. The van der Waals surface area contributed by atoms with Gasteiger partial charge in [-0.05, 0) is 30.3 Å². The highest BCUT2D eigenvalue weighted by molar-refractivity contribution is 5.97. The smallest absolute Gasteiger partial charge is 0.256 e. The molecule has 3 aromatic rings. The van der Waals surface area contributed by atoms with Crippen molar-refractivity contribution in [2.75, 3.05) is 7.05 Å². The summed E-state index contributed by atoms with van der Waals surface area (Å²) in [6.07, 6.45) is 5.25. The molecular weight excluding hydrogens is 276 g/mol. The molecule has 0 spiro atoms. The highest BCUT2D eigenvalue weighted by Crippen LogP contribution is 2.16. The van der Waals surface area contributed by atoms with E-state index in [1.807, 2.05) is 54.7 Å². The highest BCUT2D eigenvalue weighted by atomic mass is 16.2. The molecule has 0 N–H and O–H groups in total. The van der Waals surface area contributed by atoms with E-state index < -0.39 is 0 Å². The maximum absolute atomic E-state index is 12.7. The van der Waals surface area contributed by atoms with Gasteiger partial charge in [0, 0.05) is 25.6 Å². The van der Waals surface area contributed by atoms with Crippen LogP contribution < -0.4 is 0 Å². The molecule has 0 fully saturated rings. The van der Waals surface area contributed by atoms with E-state index in [0.29, 0.717) is 12.1 Å². The van der Waals surface area contributed by atoms with E-state index >= 15 is 0 Å². The van der Waals surface area contributed by atoms with Crippen LogP contribution in [0.2, 0.25) is 0 Å². The predicted octanol–water partition coefficient (Wildman–Crippen LogP) is 2.54. The first-order valence-electron chi connectivity index (χ1n) is 7.00. The average Bonchev–Trinajstić information content (AvgIpc) is 3.09. The van der Waals surface area contributed by atoms with Gasteiger partial charge < -0.3 is 4.90 Å². The number of rotatable bonds is 4. The van der Waals surface area contributed by atoms with Gasteiger partial charge in [-0.1, -0.05) is 18.2 Å². The molecule has 0 saturated carbocycles. The third kappa shape index (κ3) is 2.88. The zero-order valence-electron chi connectivity index (χ0n) is 12.3. The Kier molecular flexibility index (Phi) is 3.96. The summed E-state index contributed by atoms with van der Waals surface area (Å²) in [5.74, 6) is -0.0586. The predicted molar refractivity (Wildman–Crippen MR) is 83.6 cm³/mol. The van der Waals surface area contributed by atoms with Gasteiger partial charge in [-0.3, -0.25) is 9.78 Å². The van der Waals surface area contributed by atoms with E-state index in [1.54, 1.807) is 29.0 Å². The van der Waals surface area contributed by atoms with Gasteiger partial charge in [-0.15, -0.1) is 0 Å². The lowest BCUT2D eigenvalue weighted by atomic mass is 10.1. The van der Waals surface area contributed by atoms with Gasteiger partial charge in [0.05, 0.1) is 23.5 Å². The van der Waals surface area contributed by atoms with Crippen LogP contribution >= 0.6 is 0 Å². The van der Waals surface area contributed by atoms with Gasteiger partial charge in [-0.25, -0.2) is 4.68 Å². The van der Waals surface area contributed by atoms with Gasteiger partial charge in [0.15, 0.2) is 0 Å². The Balaban J connectivity index is 1.86. The van der Waals surface area contributed by atoms with Crippen LogP contribution in [0.15, 0.2) is 67.1 Å². The quantitative estimate of drug-likeness (QED) is 0.742. The zero-order chi connectivity index (χ0) is 15.4. The molecule has 0 saturated heterocycles. The maximum Gasteiger partial charge on any atom is 0.256 e. The number of aromatic nitrogens is 3. The van der Waals surface area contributed by atoms with Crippen LogP contribution in [0.25, 0.3) is 5.69 Å². The summed E-state index contributed by atoms with van der Waals surface area (Å²) in [7, 11) is 1.77. The van der Waals surface area contributed by atoms with Crippen molar-refractivity contribution in [3.05, 3.63) is 78.4 Å². The molecule has 1 aromatic carbocycles. The van der Waals surface area contributed by atoms with Crippen LogP contribution in [0.1, 0.15) is 16.1 Å². The van der Waals surface area contributed by atoms with E-state index in [0.717, 1.165) is 11.4 Å². The fourth-order valence-electron chi connectivity index (χ4n) is 2.28. The zero-order valence-corrected chi connectivity index (χ0v) is 12.3. The van der Waals surface area contributed by atoms with Crippen LogP contribution in [-0.2, 0) is 6.54 Å². The van der Waals surface area contributed by atoms with Crippen LogP contribution in [0.5, 0.6) is 0 Å². The minimum absolute atomic E-state index is 0.0586. The molecule has 2 aromatic heterocycles. The lowest BCUT2D eigenvalue weighted by Crippen LogP contribution is -2.27. The maximum atomic E-state index is 12.7. The fraction of sp³-hybridized carbons (Fsp3) is 0.118. The van der Waals surface area contributed by atoms with E-state index in [-0.39, 0.29) is 5.91 Å². The van der Waals surface area contributed by atoms with Gasteiger partial charge in [0.25, 0.3) is 5.91 Å². The van der Waals surface area contributed by atoms with Crippen molar-refractivity contribution >= 4 is 5.91 Å². The first-order valence-corrected chi connectivity index (χ1v) is 7.00. The van der Waals surface area contributed by atoms with E-state index in [2.05, 4.69) is 10.1 Å². The number of pyridine rings is 1. The Morgan fingerprint density at radius 1 is 1.09 bits per heavy atom. The van der Waals surface area contributed by atoms with Crippen molar-refractivity contribution < 1.29 is 4.79 Å². The van der Waals surface area contributed by atoms with Crippen molar-refractivity contribution in [2.45, 2.75) is 6.54 Å². The number of carbonyl (C=O) groups is 1. The van der Waals surface area contributed by atoms with Crippen LogP contribution in [0, 0.1) is 0 Å². The molecule has 0 atom stereocenters. The number of hydrogen-bond acceptors (Lipinski definition) is 3. The first-order chi connectivity index (χ1) is 10.8. The van der Waals surface area contributed by atoms with Crippen molar-refractivity contribution in [3.8, 4) is 5.69 Å². The molecule has 22 heavy (non-hydrogen) atoms. The highest BCUT2D eigenvalue weighted by Gasteiger charge is 2.17. The second-order valence-corrected chi connectivity index (χ2v) is 4.95. The van der Waals surface area contributed by atoms with Crippen molar-refractivity contribution in [1.82, 2.24) is 19.7 Å². The standard InChI is InChI=1S/C17H16N4O/c1-20(13-14-7-4-5-10-18-14)17(22)15-8-2-3-9-16(15)21-12-6-11-19-21/h2-12H,13H2,1H3. The number of hydrogen-bond donors (Lipinski definition) is 0. The van der Waals surface area contributed by atoms with Crippen LogP contribution in [-0.4, -0.2) is 32.6 Å². The van der Waals surface area contributed by atoms with Crippen molar-refractivity contribution in [2.24, 2.45) is 0 Å². The van der Waals surface area contributed by atoms with Crippen molar-refractivity contribution in [1.29, 1.82) is 0 Å². The molecule has 0 aliphatic heterocycles. The van der Waals surface area contributed by atoms with Crippen LogP contribution in [0.3, 0.4) is 0 Å². The SMILES string of the molecule is CN(Cc1ccccn1)C(=O)c1ccccc1-n1cccn1. The van der Waals surface area contributed by atoms with Gasteiger partial charge in [0.2, 0.25) is 0 Å². The Bertz CT molecular complexity index is 753. The summed E-state index contributed by atoms with van der Waals surface area (Å²) in [6, 6.07) is 15.0. The molecule has 3 rings (SSSR count). The molecule has 0 aliphatic rings. The first kappa shape index (κ1) is 14.0. The lowest BCUT2D eigenvalue weighted by Gasteiger charge is -2.18. The molecule has 110 valence electrons. The van der Waals surface area contributed by atoms with Gasteiger partial charge in [-0.2, -0.15) is 5.10 Å². The second-order valence-electron chi connectivity index (χ2n) is 4.95. The molecule has 0 bridgehead atoms. The summed E-state index contributed by atoms with van der Waals surface area (Å²) < 4.78 is 1.70. The Morgan fingerprint density at radius 3 is 2.64 bits per heavy atom. The molecule has 1 amide bonds. The Labute approximate surface area is 128 Å². The van der Waals surface area contributed by atoms with E-state index in [9.17, 15) is 4.79 Å². The number of nitrogens with zero attached hydrogens (tertiary/aromatic N) is 4. The number of benzene rings is 1. The minimum atomic E-state index is -0.0586. The van der Waals surface area contributed by atoms with Crippen molar-refractivity contribution in [3.63, 3.8) is 0 Å². The largest absolute Gasteiger partial charge is 0.336 e. The third-order valence-electron chi connectivity index (χ3n) is 3.36. The summed E-state index contributed by atoms with van der Waals surface area (Å²) in [5.41, 5.74) is 2.24. The summed E-state index contributed by atoms with van der Waals surface area (Å²) in [6.45, 7) is 0.465. The second kappa shape index (κ2) is 6.22. The molecule has 0 radical (unpaired) electrons. The minimum Gasteiger partial charge on any atom is -0.336 e. The molecule has 0 unspecified atom stereocenters. The molecule has 5 heteroatoms. The Morgan fingerprint density at radius 2 is 1.91 bits per heavy atom. The van der Waals surface area contributed by atoms with E-state index in [1.165, 1.54) is 0 Å². The molecule has 5 nitrogen and oxygen atoms in total. The number of para-hydroxylation sites is 1. The topological polar surface area (TPSA) is 51.0 Å². The average molecular weight is 292 g/mol. The van der Waals surface area contributed by atoms with Gasteiger partial charge in [0.1, 0.15) is 0 Å². The van der Waals surface area contributed by atoms with E-state index in [4.69, 9.17) is 0 Å². The monoisotopic (exact) mass is 292 g/mol. The number of carbonyl (C=O) groups excluding carboxylic acids is 1. The van der Waals surface area contributed by atoms with Crippen LogP contribution in [0.4, 0.5) is 0 Å². The summed E-state index contributed by atoms with van der Waals surface area (Å²) >= 11 is 0. The molecular formula is C17H16N4O. The summed E-state index contributed by atoms with van der Waals surface area (Å²) in [4.78, 5) is 18.6. The number of amides is 1.